The van der Waals surface area contributed by atoms with Crippen LogP contribution in [0.2, 0.25) is 0 Å². The number of nitrogens with zero attached hydrogens (tertiary/aromatic N) is 2. The topological polar surface area (TPSA) is 70.3 Å². The zero-order chi connectivity index (χ0) is 10.9. The second-order valence-corrected chi connectivity index (χ2v) is 3.01. The van der Waals surface area contributed by atoms with E-state index in [1.165, 1.54) is 0 Å². The molecule has 1 aromatic rings. The molecule has 0 aliphatic rings. The average molecular weight is 211 g/mol. The zero-order valence-electron chi connectivity index (χ0n) is 8.98. The average Bonchev–Trinajstić information content (AvgIpc) is 2.29. The van der Waals surface area contributed by atoms with Crippen LogP contribution in [0.5, 0.6) is 5.88 Å². The number of rotatable bonds is 7. The van der Waals surface area contributed by atoms with Crippen LogP contribution in [-0.2, 0) is 11.3 Å². The maximum absolute atomic E-state index is 5.43. The molecule has 0 amide bonds. The Kier molecular flexibility index (Phi) is 5.65. The van der Waals surface area contributed by atoms with Gasteiger partial charge < -0.3 is 15.2 Å². The van der Waals surface area contributed by atoms with E-state index in [0.29, 0.717) is 25.6 Å². The Labute approximate surface area is 89.6 Å². The SMILES string of the molecule is CCCOCCOc1cncc(CN)n1. The van der Waals surface area contributed by atoms with Gasteiger partial charge in [-0.1, -0.05) is 6.92 Å². The smallest absolute Gasteiger partial charge is 0.232 e. The lowest BCUT2D eigenvalue weighted by atomic mass is 10.4. The van der Waals surface area contributed by atoms with Crippen molar-refractivity contribution in [1.82, 2.24) is 9.97 Å². The van der Waals surface area contributed by atoms with Crippen molar-refractivity contribution in [2.45, 2.75) is 19.9 Å². The summed E-state index contributed by atoms with van der Waals surface area (Å²) in [7, 11) is 0. The fourth-order valence-electron chi connectivity index (χ4n) is 1.01. The molecule has 2 N–H and O–H groups in total. The number of hydrogen-bond acceptors (Lipinski definition) is 5. The summed E-state index contributed by atoms with van der Waals surface area (Å²) in [6, 6.07) is 0. The van der Waals surface area contributed by atoms with Crippen molar-refractivity contribution < 1.29 is 9.47 Å². The Hall–Kier alpha value is -1.20. The van der Waals surface area contributed by atoms with E-state index in [0.717, 1.165) is 18.7 Å². The standard InChI is InChI=1S/C10H17N3O2/c1-2-3-14-4-5-15-10-8-12-7-9(6-11)13-10/h7-8H,2-6,11H2,1H3. The number of hydrogen-bond donors (Lipinski definition) is 1. The Morgan fingerprint density at radius 1 is 1.27 bits per heavy atom. The summed E-state index contributed by atoms with van der Waals surface area (Å²) in [6.07, 6.45) is 4.21. The third-order valence-electron chi connectivity index (χ3n) is 1.70. The molecule has 5 heteroatoms. The molecule has 0 aromatic carbocycles. The molecule has 1 aromatic heterocycles. The molecule has 0 spiro atoms. The molecule has 0 bridgehead atoms. The first-order valence-corrected chi connectivity index (χ1v) is 5.08. The van der Waals surface area contributed by atoms with E-state index in [1.54, 1.807) is 12.4 Å². The van der Waals surface area contributed by atoms with Gasteiger partial charge in [0.05, 0.1) is 18.5 Å². The van der Waals surface area contributed by atoms with Gasteiger partial charge in [0.25, 0.3) is 0 Å². The first-order chi connectivity index (χ1) is 7.36. The normalized spacial score (nSPS) is 10.3. The quantitative estimate of drug-likeness (QED) is 0.674. The minimum atomic E-state index is 0.372. The van der Waals surface area contributed by atoms with E-state index in [4.69, 9.17) is 15.2 Å². The van der Waals surface area contributed by atoms with Gasteiger partial charge in [-0.25, -0.2) is 4.98 Å². The molecule has 0 radical (unpaired) electrons. The predicted molar refractivity (Wildman–Crippen MR) is 56.5 cm³/mol. The van der Waals surface area contributed by atoms with Gasteiger partial charge in [0.2, 0.25) is 5.88 Å². The Morgan fingerprint density at radius 3 is 2.87 bits per heavy atom. The van der Waals surface area contributed by atoms with E-state index in [2.05, 4.69) is 16.9 Å². The lowest BCUT2D eigenvalue weighted by Crippen LogP contribution is -2.09. The summed E-state index contributed by atoms with van der Waals surface area (Å²) in [5, 5.41) is 0. The first kappa shape index (κ1) is 11.9. The van der Waals surface area contributed by atoms with Gasteiger partial charge in [0.1, 0.15) is 6.61 Å². The largest absolute Gasteiger partial charge is 0.474 e. The van der Waals surface area contributed by atoms with E-state index in [9.17, 15) is 0 Å². The van der Waals surface area contributed by atoms with Crippen LogP contribution < -0.4 is 10.5 Å². The van der Waals surface area contributed by atoms with Crippen LogP contribution in [-0.4, -0.2) is 29.8 Å². The Morgan fingerprint density at radius 2 is 2.13 bits per heavy atom. The van der Waals surface area contributed by atoms with Gasteiger partial charge in [0.15, 0.2) is 0 Å². The molecular formula is C10H17N3O2. The van der Waals surface area contributed by atoms with Crippen LogP contribution in [0.4, 0.5) is 0 Å². The fourth-order valence-corrected chi connectivity index (χ4v) is 1.01. The van der Waals surface area contributed by atoms with Crippen molar-refractivity contribution in [2.24, 2.45) is 5.73 Å². The zero-order valence-corrected chi connectivity index (χ0v) is 8.98. The van der Waals surface area contributed by atoms with Gasteiger partial charge in [0, 0.05) is 19.3 Å². The van der Waals surface area contributed by atoms with Crippen LogP contribution in [0.1, 0.15) is 19.0 Å². The Bertz CT molecular complexity index is 281. The molecule has 84 valence electrons. The molecule has 0 fully saturated rings. The summed E-state index contributed by atoms with van der Waals surface area (Å²) in [5.41, 5.74) is 6.15. The first-order valence-electron chi connectivity index (χ1n) is 5.08. The lowest BCUT2D eigenvalue weighted by Gasteiger charge is -2.05. The molecule has 0 unspecified atom stereocenters. The maximum Gasteiger partial charge on any atom is 0.232 e. The van der Waals surface area contributed by atoms with E-state index < -0.39 is 0 Å². The molecular weight excluding hydrogens is 194 g/mol. The van der Waals surface area contributed by atoms with Crippen molar-refractivity contribution in [3.63, 3.8) is 0 Å². The molecule has 0 atom stereocenters. The minimum absolute atomic E-state index is 0.372. The van der Waals surface area contributed by atoms with Crippen LogP contribution in [0, 0.1) is 0 Å². The molecule has 0 aliphatic carbocycles. The monoisotopic (exact) mass is 211 g/mol. The van der Waals surface area contributed by atoms with Crippen molar-refractivity contribution >= 4 is 0 Å². The molecule has 5 nitrogen and oxygen atoms in total. The van der Waals surface area contributed by atoms with Crippen molar-refractivity contribution in [3.8, 4) is 5.88 Å². The fraction of sp³-hybridized carbons (Fsp3) is 0.600. The second kappa shape index (κ2) is 7.14. The molecule has 0 aliphatic heterocycles. The van der Waals surface area contributed by atoms with Crippen molar-refractivity contribution in [3.05, 3.63) is 18.1 Å². The van der Waals surface area contributed by atoms with Crippen molar-refractivity contribution in [1.29, 1.82) is 0 Å². The highest BCUT2D eigenvalue weighted by Gasteiger charge is 1.97. The summed E-state index contributed by atoms with van der Waals surface area (Å²) in [5.74, 6) is 0.498. The molecule has 0 saturated carbocycles. The van der Waals surface area contributed by atoms with Gasteiger partial charge in [-0.05, 0) is 6.42 Å². The van der Waals surface area contributed by atoms with Gasteiger partial charge >= 0.3 is 0 Å². The maximum atomic E-state index is 5.43. The minimum Gasteiger partial charge on any atom is -0.474 e. The van der Waals surface area contributed by atoms with Crippen LogP contribution in [0.15, 0.2) is 12.4 Å². The summed E-state index contributed by atoms with van der Waals surface area (Å²) < 4.78 is 10.6. The van der Waals surface area contributed by atoms with Crippen LogP contribution in [0.3, 0.4) is 0 Å². The van der Waals surface area contributed by atoms with Gasteiger partial charge in [-0.3, -0.25) is 4.98 Å². The van der Waals surface area contributed by atoms with Gasteiger partial charge in [-0.2, -0.15) is 0 Å². The number of nitrogens with two attached hydrogens (primary N) is 1. The number of aromatic nitrogens is 2. The van der Waals surface area contributed by atoms with E-state index in [1.807, 2.05) is 0 Å². The summed E-state index contributed by atoms with van der Waals surface area (Å²) >= 11 is 0. The van der Waals surface area contributed by atoms with Crippen molar-refractivity contribution in [2.75, 3.05) is 19.8 Å². The van der Waals surface area contributed by atoms with E-state index >= 15 is 0 Å². The highest BCUT2D eigenvalue weighted by atomic mass is 16.5. The lowest BCUT2D eigenvalue weighted by molar-refractivity contribution is 0.0988. The third-order valence-corrected chi connectivity index (χ3v) is 1.70. The highest BCUT2D eigenvalue weighted by molar-refractivity contribution is 5.07. The van der Waals surface area contributed by atoms with Gasteiger partial charge in [-0.15, -0.1) is 0 Å². The molecule has 15 heavy (non-hydrogen) atoms. The Balaban J connectivity index is 2.24. The molecule has 1 rings (SSSR count). The summed E-state index contributed by atoms with van der Waals surface area (Å²) in [4.78, 5) is 8.11. The molecule has 0 saturated heterocycles. The van der Waals surface area contributed by atoms with Crippen LogP contribution >= 0.6 is 0 Å². The second-order valence-electron chi connectivity index (χ2n) is 3.01. The third kappa shape index (κ3) is 4.71. The predicted octanol–water partition coefficient (Wildman–Crippen LogP) is 0.741. The highest BCUT2D eigenvalue weighted by Crippen LogP contribution is 2.04. The molecule has 1 heterocycles. The van der Waals surface area contributed by atoms with Crippen LogP contribution in [0.25, 0.3) is 0 Å². The number of ether oxygens (including phenoxy) is 2. The summed E-state index contributed by atoms with van der Waals surface area (Å²) in [6.45, 7) is 4.26. The van der Waals surface area contributed by atoms with E-state index in [-0.39, 0.29) is 0 Å².